The Labute approximate surface area is 367 Å². The molecule has 0 saturated carbocycles. The van der Waals surface area contributed by atoms with Gasteiger partial charge in [0, 0.05) is 34.1 Å². The average molecular weight is 801 g/mol. The monoisotopic (exact) mass is 800 g/mol. The number of benzene rings is 11. The van der Waals surface area contributed by atoms with Crippen LogP contribution in [0.1, 0.15) is 22.3 Å². The number of nitrogens with zero attached hydrogens (tertiary/aromatic N) is 2. The van der Waals surface area contributed by atoms with E-state index in [1.54, 1.807) is 0 Å². The highest BCUT2D eigenvalue weighted by atomic mass is 15.1. The third-order valence-electron chi connectivity index (χ3n) is 13.5. The minimum atomic E-state index is -0.553. The molecule has 13 rings (SSSR count). The topological polar surface area (TPSA) is 6.48 Å². The fourth-order valence-corrected chi connectivity index (χ4v) is 11.1. The summed E-state index contributed by atoms with van der Waals surface area (Å²) in [5, 5.41) is 7.50. The first-order valence-electron chi connectivity index (χ1n) is 21.8. The van der Waals surface area contributed by atoms with Crippen molar-refractivity contribution in [1.82, 2.24) is 0 Å². The molecule has 0 aliphatic heterocycles. The van der Waals surface area contributed by atoms with Gasteiger partial charge in [-0.25, -0.2) is 0 Å². The molecule has 0 radical (unpaired) electrons. The number of hydrogen-bond donors (Lipinski definition) is 0. The molecule has 11 aromatic rings. The lowest BCUT2D eigenvalue weighted by Crippen LogP contribution is -2.26. The largest absolute Gasteiger partial charge is 0.310 e. The Morgan fingerprint density at radius 2 is 0.714 bits per heavy atom. The van der Waals surface area contributed by atoms with Crippen LogP contribution in [0.2, 0.25) is 0 Å². The third kappa shape index (κ3) is 5.19. The summed E-state index contributed by atoms with van der Waals surface area (Å²) >= 11 is 0. The summed E-state index contributed by atoms with van der Waals surface area (Å²) in [5.74, 6) is 0. The molecule has 1 spiro atoms. The van der Waals surface area contributed by atoms with Crippen molar-refractivity contribution in [3.63, 3.8) is 0 Å². The van der Waals surface area contributed by atoms with E-state index < -0.39 is 5.41 Å². The van der Waals surface area contributed by atoms with Gasteiger partial charge in [0.05, 0.1) is 5.41 Å². The predicted octanol–water partition coefficient (Wildman–Crippen LogP) is 16.4. The molecule has 294 valence electrons. The van der Waals surface area contributed by atoms with Crippen molar-refractivity contribution in [2.24, 2.45) is 0 Å². The zero-order valence-electron chi connectivity index (χ0n) is 34.5. The van der Waals surface area contributed by atoms with Crippen molar-refractivity contribution in [3.8, 4) is 22.3 Å². The molecule has 63 heavy (non-hydrogen) atoms. The molecule has 0 saturated heterocycles. The lowest BCUT2D eigenvalue weighted by molar-refractivity contribution is 0.803. The van der Waals surface area contributed by atoms with Gasteiger partial charge in [0.2, 0.25) is 0 Å². The van der Waals surface area contributed by atoms with Gasteiger partial charge in [-0.15, -0.1) is 0 Å². The van der Waals surface area contributed by atoms with Crippen LogP contribution in [-0.4, -0.2) is 0 Å². The fraction of sp³-hybridized carbons (Fsp3) is 0.0164. The zero-order valence-corrected chi connectivity index (χ0v) is 34.5. The van der Waals surface area contributed by atoms with Crippen molar-refractivity contribution in [3.05, 3.63) is 265 Å². The summed E-state index contributed by atoms with van der Waals surface area (Å²) in [6.07, 6.45) is 0. The normalized spacial score (nSPS) is 12.9. The zero-order chi connectivity index (χ0) is 41.5. The van der Waals surface area contributed by atoms with Gasteiger partial charge in [-0.1, -0.05) is 158 Å². The molecule has 0 bridgehead atoms. The predicted molar refractivity (Wildman–Crippen MR) is 265 cm³/mol. The third-order valence-corrected chi connectivity index (χ3v) is 13.5. The first-order valence-corrected chi connectivity index (χ1v) is 21.8. The van der Waals surface area contributed by atoms with E-state index in [4.69, 9.17) is 0 Å². The Morgan fingerprint density at radius 3 is 1.27 bits per heavy atom. The second-order valence-electron chi connectivity index (χ2n) is 16.8. The molecule has 2 nitrogen and oxygen atoms in total. The summed E-state index contributed by atoms with van der Waals surface area (Å²) in [6.45, 7) is 0. The maximum absolute atomic E-state index is 2.53. The highest BCUT2D eigenvalue weighted by molar-refractivity contribution is 6.21. The van der Waals surface area contributed by atoms with Crippen LogP contribution in [0.15, 0.2) is 243 Å². The standard InChI is InChI=1S/C61H40N2/c1-5-19-43(20-6-1)62(44-21-7-2-8-22-44)47-34-33-41-38-55-58(39-42(41)37-47)61(56-31-17-15-28-50(56)51-29-16-18-32-57(51)61)60-53-36-35-48(40-54(53)49-27-13-14-30-52(49)59(55)60)63(45-23-9-3-10-24-45)46-25-11-4-12-26-46/h1-40H. The van der Waals surface area contributed by atoms with Gasteiger partial charge >= 0.3 is 0 Å². The van der Waals surface area contributed by atoms with E-state index in [1.807, 2.05) is 0 Å². The van der Waals surface area contributed by atoms with E-state index in [0.717, 1.165) is 34.1 Å². The van der Waals surface area contributed by atoms with Gasteiger partial charge in [-0.05, 0) is 162 Å². The highest BCUT2D eigenvalue weighted by Gasteiger charge is 2.53. The molecule has 2 aliphatic carbocycles. The van der Waals surface area contributed by atoms with Crippen molar-refractivity contribution in [2.45, 2.75) is 5.41 Å². The van der Waals surface area contributed by atoms with Crippen molar-refractivity contribution >= 4 is 66.4 Å². The van der Waals surface area contributed by atoms with Crippen molar-refractivity contribution < 1.29 is 0 Å². The maximum atomic E-state index is 2.53. The summed E-state index contributed by atoms with van der Waals surface area (Å²) in [6, 6.07) is 89.5. The first-order chi connectivity index (χ1) is 31.3. The van der Waals surface area contributed by atoms with E-state index in [2.05, 4.69) is 252 Å². The molecule has 11 aromatic carbocycles. The maximum Gasteiger partial charge on any atom is 0.0731 e. The van der Waals surface area contributed by atoms with Crippen molar-refractivity contribution in [2.75, 3.05) is 9.80 Å². The minimum absolute atomic E-state index is 0.553. The molecule has 0 fully saturated rings. The Hall–Kier alpha value is -8.20. The van der Waals surface area contributed by atoms with Crippen molar-refractivity contribution in [1.29, 1.82) is 0 Å². The van der Waals surface area contributed by atoms with Crippen LogP contribution < -0.4 is 9.80 Å². The highest BCUT2D eigenvalue weighted by Crippen LogP contribution is 2.66. The summed E-state index contributed by atoms with van der Waals surface area (Å²) in [4.78, 5) is 4.74. The van der Waals surface area contributed by atoms with Crippen LogP contribution >= 0.6 is 0 Å². The SMILES string of the molecule is c1ccc(N(c2ccccc2)c2ccc3cc4c(cc3c2)C2(c3ccccc3-c3ccccc32)c2c-4c3ccccc3c3cc(N(c4ccccc4)c4ccccc4)ccc23)cc1. The molecule has 2 aliphatic rings. The Morgan fingerprint density at radius 1 is 0.254 bits per heavy atom. The van der Waals surface area contributed by atoms with Crippen LogP contribution in [0.5, 0.6) is 0 Å². The molecule has 0 N–H and O–H groups in total. The molecule has 0 amide bonds. The van der Waals surface area contributed by atoms with Gasteiger partial charge in [0.25, 0.3) is 0 Å². The second-order valence-corrected chi connectivity index (χ2v) is 16.8. The first kappa shape index (κ1) is 35.5. The van der Waals surface area contributed by atoms with Gasteiger partial charge in [0.15, 0.2) is 0 Å². The molecule has 0 heterocycles. The second kappa shape index (κ2) is 13.9. The Bertz CT molecular complexity index is 3440. The molecule has 0 atom stereocenters. The van der Waals surface area contributed by atoms with E-state index in [1.165, 1.54) is 76.8 Å². The van der Waals surface area contributed by atoms with Gasteiger partial charge in [-0.2, -0.15) is 0 Å². The molecular weight excluding hydrogens is 761 g/mol. The van der Waals surface area contributed by atoms with Crippen LogP contribution in [0, 0.1) is 0 Å². The quantitative estimate of drug-likeness (QED) is 0.155. The van der Waals surface area contributed by atoms with E-state index in [-0.39, 0.29) is 0 Å². The average Bonchev–Trinajstić information content (AvgIpc) is 3.82. The van der Waals surface area contributed by atoms with E-state index in [9.17, 15) is 0 Å². The number of para-hydroxylation sites is 4. The van der Waals surface area contributed by atoms with Crippen LogP contribution in [0.4, 0.5) is 34.1 Å². The smallest absolute Gasteiger partial charge is 0.0731 e. The Balaban J connectivity index is 1.13. The van der Waals surface area contributed by atoms with Gasteiger partial charge in [-0.3, -0.25) is 0 Å². The van der Waals surface area contributed by atoms with Crippen LogP contribution in [-0.2, 0) is 5.41 Å². The Kier molecular flexibility index (Phi) is 7.85. The van der Waals surface area contributed by atoms with Gasteiger partial charge < -0.3 is 9.80 Å². The fourth-order valence-electron chi connectivity index (χ4n) is 11.1. The molecule has 0 unspecified atom stereocenters. The van der Waals surface area contributed by atoms with E-state index in [0.29, 0.717) is 0 Å². The minimum Gasteiger partial charge on any atom is -0.310 e. The lowest BCUT2D eigenvalue weighted by Gasteiger charge is -2.32. The number of anilines is 6. The molecule has 2 heteroatoms. The lowest BCUT2D eigenvalue weighted by atomic mass is 9.69. The number of fused-ring (bicyclic) bond motifs is 16. The summed E-state index contributed by atoms with van der Waals surface area (Å²) < 4.78 is 0. The van der Waals surface area contributed by atoms with Crippen LogP contribution in [0.25, 0.3) is 54.6 Å². The van der Waals surface area contributed by atoms with Gasteiger partial charge in [0.1, 0.15) is 0 Å². The molecule has 0 aromatic heterocycles. The van der Waals surface area contributed by atoms with E-state index >= 15 is 0 Å². The number of rotatable bonds is 6. The van der Waals surface area contributed by atoms with Crippen LogP contribution in [0.3, 0.4) is 0 Å². The number of hydrogen-bond acceptors (Lipinski definition) is 2. The summed E-state index contributed by atoms with van der Waals surface area (Å²) in [7, 11) is 0. The summed E-state index contributed by atoms with van der Waals surface area (Å²) in [5.41, 5.74) is 16.8. The molecular formula is C61H40N2.